The van der Waals surface area contributed by atoms with Gasteiger partial charge < -0.3 is 20.5 Å². The predicted octanol–water partition coefficient (Wildman–Crippen LogP) is 0.126. The summed E-state index contributed by atoms with van der Waals surface area (Å²) >= 11 is 0. The first-order valence-corrected chi connectivity index (χ1v) is 6.95. The molecule has 3 N–H and O–H groups in total. The van der Waals surface area contributed by atoms with E-state index < -0.39 is 11.5 Å². The van der Waals surface area contributed by atoms with E-state index in [1.807, 2.05) is 0 Å². The van der Waals surface area contributed by atoms with Gasteiger partial charge in [-0.05, 0) is 31.8 Å². The van der Waals surface area contributed by atoms with Gasteiger partial charge in [0.25, 0.3) is 0 Å². The number of ether oxygens (including phenoxy) is 1. The van der Waals surface area contributed by atoms with E-state index >= 15 is 0 Å². The molecule has 0 aromatic rings. The third-order valence-corrected chi connectivity index (χ3v) is 4.07. The average molecular weight is 270 g/mol. The SMILES string of the molecule is O=C(CC1CCNCC1)NC1(C(=O)O)CCOCC1. The van der Waals surface area contributed by atoms with Gasteiger partial charge in [0, 0.05) is 32.5 Å². The Morgan fingerprint density at radius 3 is 2.47 bits per heavy atom. The van der Waals surface area contributed by atoms with Gasteiger partial charge in [-0.15, -0.1) is 0 Å². The van der Waals surface area contributed by atoms with Crippen molar-refractivity contribution < 1.29 is 19.4 Å². The molecule has 6 nitrogen and oxygen atoms in total. The quantitative estimate of drug-likeness (QED) is 0.675. The molecule has 0 aromatic carbocycles. The van der Waals surface area contributed by atoms with Gasteiger partial charge in [-0.2, -0.15) is 0 Å². The third kappa shape index (κ3) is 3.67. The Bertz CT molecular complexity index is 334. The van der Waals surface area contributed by atoms with E-state index in [-0.39, 0.29) is 5.91 Å². The summed E-state index contributed by atoms with van der Waals surface area (Å²) in [5.41, 5.74) is -1.12. The van der Waals surface area contributed by atoms with Gasteiger partial charge in [-0.3, -0.25) is 4.79 Å². The van der Waals surface area contributed by atoms with Crippen LogP contribution in [-0.4, -0.2) is 48.8 Å². The molecule has 0 spiro atoms. The number of amides is 1. The molecule has 0 aliphatic carbocycles. The zero-order valence-corrected chi connectivity index (χ0v) is 11.1. The Labute approximate surface area is 112 Å². The first kappa shape index (κ1) is 14.3. The Morgan fingerprint density at radius 1 is 1.26 bits per heavy atom. The number of carbonyl (C=O) groups is 2. The van der Waals surface area contributed by atoms with E-state index in [9.17, 15) is 14.7 Å². The minimum absolute atomic E-state index is 0.142. The van der Waals surface area contributed by atoms with Crippen molar-refractivity contribution in [2.75, 3.05) is 26.3 Å². The van der Waals surface area contributed by atoms with E-state index in [0.717, 1.165) is 25.9 Å². The molecule has 0 unspecified atom stereocenters. The van der Waals surface area contributed by atoms with Crippen LogP contribution in [0.25, 0.3) is 0 Å². The highest BCUT2D eigenvalue weighted by Gasteiger charge is 2.41. The van der Waals surface area contributed by atoms with Gasteiger partial charge in [-0.25, -0.2) is 4.79 Å². The number of aliphatic carboxylic acids is 1. The molecule has 2 fully saturated rings. The van der Waals surface area contributed by atoms with Crippen molar-refractivity contribution in [3.8, 4) is 0 Å². The van der Waals surface area contributed by atoms with Crippen LogP contribution in [0.15, 0.2) is 0 Å². The van der Waals surface area contributed by atoms with Crippen LogP contribution >= 0.6 is 0 Å². The molecule has 2 saturated heterocycles. The van der Waals surface area contributed by atoms with E-state index in [4.69, 9.17) is 4.74 Å². The fourth-order valence-electron chi connectivity index (χ4n) is 2.78. The minimum atomic E-state index is -1.12. The zero-order valence-electron chi connectivity index (χ0n) is 11.1. The summed E-state index contributed by atoms with van der Waals surface area (Å²) in [4.78, 5) is 23.5. The molecule has 2 heterocycles. The molecular formula is C13H22N2O4. The molecule has 2 rings (SSSR count). The molecule has 2 aliphatic rings. The van der Waals surface area contributed by atoms with Gasteiger partial charge in [0.05, 0.1) is 0 Å². The van der Waals surface area contributed by atoms with Crippen LogP contribution in [0.3, 0.4) is 0 Å². The molecule has 0 aromatic heterocycles. The first-order chi connectivity index (χ1) is 9.12. The Hall–Kier alpha value is -1.14. The molecule has 0 saturated carbocycles. The van der Waals surface area contributed by atoms with Crippen molar-refractivity contribution in [1.29, 1.82) is 0 Å². The number of piperidine rings is 1. The van der Waals surface area contributed by atoms with Crippen LogP contribution in [0.4, 0.5) is 0 Å². The minimum Gasteiger partial charge on any atom is -0.480 e. The van der Waals surface area contributed by atoms with Crippen LogP contribution < -0.4 is 10.6 Å². The van der Waals surface area contributed by atoms with Crippen LogP contribution in [0.5, 0.6) is 0 Å². The maximum absolute atomic E-state index is 12.1. The lowest BCUT2D eigenvalue weighted by Gasteiger charge is -2.34. The standard InChI is InChI=1S/C13H22N2O4/c16-11(9-10-1-5-14-6-2-10)15-13(12(17)18)3-7-19-8-4-13/h10,14H,1-9H2,(H,15,16)(H,17,18). The number of rotatable bonds is 4. The van der Waals surface area contributed by atoms with Gasteiger partial charge in [0.1, 0.15) is 5.54 Å². The highest BCUT2D eigenvalue weighted by atomic mass is 16.5. The third-order valence-electron chi connectivity index (χ3n) is 4.07. The first-order valence-electron chi connectivity index (χ1n) is 6.95. The van der Waals surface area contributed by atoms with Gasteiger partial charge in [0.15, 0.2) is 0 Å². The summed E-state index contributed by atoms with van der Waals surface area (Å²) in [6.45, 7) is 2.66. The summed E-state index contributed by atoms with van der Waals surface area (Å²) in [7, 11) is 0. The number of carboxylic acids is 1. The summed E-state index contributed by atoms with van der Waals surface area (Å²) in [6, 6.07) is 0. The van der Waals surface area contributed by atoms with Crippen molar-refractivity contribution in [3.05, 3.63) is 0 Å². The van der Waals surface area contributed by atoms with Gasteiger partial charge >= 0.3 is 5.97 Å². The maximum Gasteiger partial charge on any atom is 0.329 e. The van der Waals surface area contributed by atoms with Crippen molar-refractivity contribution >= 4 is 11.9 Å². The molecular weight excluding hydrogens is 248 g/mol. The fraction of sp³-hybridized carbons (Fsp3) is 0.846. The largest absolute Gasteiger partial charge is 0.480 e. The lowest BCUT2D eigenvalue weighted by molar-refractivity contribution is -0.152. The fourth-order valence-corrected chi connectivity index (χ4v) is 2.78. The topological polar surface area (TPSA) is 87.7 Å². The highest BCUT2D eigenvalue weighted by molar-refractivity contribution is 5.87. The molecule has 108 valence electrons. The monoisotopic (exact) mass is 270 g/mol. The van der Waals surface area contributed by atoms with E-state index in [2.05, 4.69) is 10.6 Å². The lowest BCUT2D eigenvalue weighted by atomic mass is 9.88. The van der Waals surface area contributed by atoms with E-state index in [1.54, 1.807) is 0 Å². The number of hydrogen-bond donors (Lipinski definition) is 3. The number of nitrogens with one attached hydrogen (secondary N) is 2. The normalized spacial score (nSPS) is 23.8. The van der Waals surface area contributed by atoms with Crippen molar-refractivity contribution in [2.24, 2.45) is 5.92 Å². The summed E-state index contributed by atoms with van der Waals surface area (Å²) in [5.74, 6) is -0.724. The molecule has 0 atom stereocenters. The van der Waals surface area contributed by atoms with E-state index in [1.165, 1.54) is 0 Å². The summed E-state index contributed by atoms with van der Waals surface area (Å²) < 4.78 is 5.18. The molecule has 0 bridgehead atoms. The maximum atomic E-state index is 12.1. The lowest BCUT2D eigenvalue weighted by Crippen LogP contribution is -2.57. The van der Waals surface area contributed by atoms with Crippen LogP contribution in [-0.2, 0) is 14.3 Å². The second-order valence-corrected chi connectivity index (χ2v) is 5.45. The van der Waals surface area contributed by atoms with Crippen molar-refractivity contribution in [1.82, 2.24) is 10.6 Å². The highest BCUT2D eigenvalue weighted by Crippen LogP contribution is 2.23. The molecule has 1 amide bonds. The van der Waals surface area contributed by atoms with Crippen molar-refractivity contribution in [2.45, 2.75) is 37.6 Å². The van der Waals surface area contributed by atoms with E-state index in [0.29, 0.717) is 38.4 Å². The Balaban J connectivity index is 1.89. The molecule has 0 radical (unpaired) electrons. The summed E-state index contributed by atoms with van der Waals surface area (Å²) in [6.07, 6.45) is 3.09. The van der Waals surface area contributed by atoms with Gasteiger partial charge in [-0.1, -0.05) is 0 Å². The second-order valence-electron chi connectivity index (χ2n) is 5.45. The Kier molecular flexibility index (Phi) is 4.76. The van der Waals surface area contributed by atoms with Crippen LogP contribution in [0.1, 0.15) is 32.1 Å². The van der Waals surface area contributed by atoms with Gasteiger partial charge in [0.2, 0.25) is 5.91 Å². The average Bonchev–Trinajstić information content (AvgIpc) is 2.40. The van der Waals surface area contributed by atoms with Crippen LogP contribution in [0.2, 0.25) is 0 Å². The molecule has 19 heavy (non-hydrogen) atoms. The number of carboxylic acid groups (broad SMARTS) is 1. The molecule has 2 aliphatic heterocycles. The zero-order chi connectivity index (χ0) is 13.7. The summed E-state index contributed by atoms with van der Waals surface area (Å²) in [5, 5.41) is 15.4. The van der Waals surface area contributed by atoms with Crippen molar-refractivity contribution in [3.63, 3.8) is 0 Å². The predicted molar refractivity (Wildman–Crippen MR) is 68.8 cm³/mol. The molecule has 6 heteroatoms. The number of hydrogen-bond acceptors (Lipinski definition) is 4. The number of carbonyl (C=O) groups excluding carboxylic acids is 1. The van der Waals surface area contributed by atoms with Crippen LogP contribution in [0, 0.1) is 5.92 Å². The second kappa shape index (κ2) is 6.34. The smallest absolute Gasteiger partial charge is 0.329 e. The Morgan fingerprint density at radius 2 is 1.89 bits per heavy atom.